The van der Waals surface area contributed by atoms with Crippen molar-refractivity contribution in [1.29, 1.82) is 0 Å². The van der Waals surface area contributed by atoms with Crippen molar-refractivity contribution in [1.82, 2.24) is 4.90 Å². The van der Waals surface area contributed by atoms with Gasteiger partial charge in [0.05, 0.1) is 7.11 Å². The van der Waals surface area contributed by atoms with Crippen LogP contribution >= 0.6 is 0 Å². The van der Waals surface area contributed by atoms with Gasteiger partial charge in [-0.15, -0.1) is 0 Å². The van der Waals surface area contributed by atoms with E-state index in [1.165, 1.54) is 5.56 Å². The van der Waals surface area contributed by atoms with Gasteiger partial charge in [-0.25, -0.2) is 4.79 Å². The van der Waals surface area contributed by atoms with E-state index in [2.05, 4.69) is 12.1 Å². The van der Waals surface area contributed by atoms with Gasteiger partial charge in [0.1, 0.15) is 11.5 Å². The minimum Gasteiger partial charge on any atom is -0.497 e. The number of rotatable bonds is 7. The van der Waals surface area contributed by atoms with Crippen LogP contribution in [-0.2, 0) is 11.2 Å². The Kier molecular flexibility index (Phi) is 6.53. The van der Waals surface area contributed by atoms with Gasteiger partial charge in [-0.3, -0.25) is 4.79 Å². The van der Waals surface area contributed by atoms with E-state index < -0.39 is 12.6 Å². The highest BCUT2D eigenvalue weighted by Gasteiger charge is 2.24. The Morgan fingerprint density at radius 1 is 1.07 bits per heavy atom. The summed E-state index contributed by atoms with van der Waals surface area (Å²) in [5.41, 5.74) is 1.81. The van der Waals surface area contributed by atoms with Gasteiger partial charge in [0.2, 0.25) is 0 Å². The van der Waals surface area contributed by atoms with Crippen LogP contribution in [0, 0.1) is 5.92 Å². The molecule has 0 aromatic heterocycles. The minimum atomic E-state index is -1.05. The molecule has 1 fully saturated rings. The molecule has 6 heteroatoms. The van der Waals surface area contributed by atoms with Crippen LogP contribution in [0.4, 0.5) is 0 Å². The fourth-order valence-electron chi connectivity index (χ4n) is 3.48. The zero-order chi connectivity index (χ0) is 19.9. The molecule has 1 aliphatic heterocycles. The standard InChI is InChI=1S/C22H25NO5/c1-27-19-7-5-16(6-8-19)13-17-9-11-23(12-10-17)22(26)18-3-2-4-20(14-18)28-15-21(24)25/h2-8,14,17H,9-13,15H2,1H3,(H,24,25). The average molecular weight is 383 g/mol. The Morgan fingerprint density at radius 3 is 2.43 bits per heavy atom. The molecule has 3 rings (SSSR count). The Labute approximate surface area is 164 Å². The van der Waals surface area contributed by atoms with Crippen LogP contribution in [0.2, 0.25) is 0 Å². The molecule has 6 nitrogen and oxygen atoms in total. The number of benzene rings is 2. The van der Waals surface area contributed by atoms with Gasteiger partial charge in [-0.1, -0.05) is 18.2 Å². The van der Waals surface area contributed by atoms with Crippen molar-refractivity contribution < 1.29 is 24.2 Å². The number of hydrogen-bond acceptors (Lipinski definition) is 4. The van der Waals surface area contributed by atoms with Crippen molar-refractivity contribution in [3.05, 3.63) is 59.7 Å². The minimum absolute atomic E-state index is 0.0383. The van der Waals surface area contributed by atoms with Crippen LogP contribution in [-0.4, -0.2) is 48.7 Å². The first-order valence-electron chi connectivity index (χ1n) is 9.42. The van der Waals surface area contributed by atoms with Gasteiger partial charge in [0.15, 0.2) is 6.61 Å². The van der Waals surface area contributed by atoms with Crippen LogP contribution < -0.4 is 9.47 Å². The van der Waals surface area contributed by atoms with E-state index in [4.69, 9.17) is 14.6 Å². The maximum Gasteiger partial charge on any atom is 0.341 e. The summed E-state index contributed by atoms with van der Waals surface area (Å²) in [6.07, 6.45) is 2.94. The molecule has 0 spiro atoms. The number of carbonyl (C=O) groups excluding carboxylic acids is 1. The lowest BCUT2D eigenvalue weighted by molar-refractivity contribution is -0.139. The molecule has 2 aromatic rings. The van der Waals surface area contributed by atoms with Gasteiger partial charge < -0.3 is 19.5 Å². The summed E-state index contributed by atoms with van der Waals surface area (Å²) in [6, 6.07) is 14.9. The summed E-state index contributed by atoms with van der Waals surface area (Å²) in [6.45, 7) is 1.02. The normalized spacial score (nSPS) is 14.5. The SMILES string of the molecule is COc1ccc(CC2CCN(C(=O)c3cccc(OCC(=O)O)c3)CC2)cc1. The van der Waals surface area contributed by atoms with Crippen molar-refractivity contribution in [2.75, 3.05) is 26.8 Å². The molecule has 2 aromatic carbocycles. The number of methoxy groups -OCH3 is 1. The monoisotopic (exact) mass is 383 g/mol. The number of ether oxygens (including phenoxy) is 2. The predicted molar refractivity (Wildman–Crippen MR) is 105 cm³/mol. The molecular weight excluding hydrogens is 358 g/mol. The Hall–Kier alpha value is -3.02. The van der Waals surface area contributed by atoms with E-state index in [9.17, 15) is 9.59 Å². The van der Waals surface area contributed by atoms with Gasteiger partial charge >= 0.3 is 5.97 Å². The van der Waals surface area contributed by atoms with Crippen LogP contribution in [0.25, 0.3) is 0 Å². The van der Waals surface area contributed by atoms with Gasteiger partial charge in [0, 0.05) is 18.7 Å². The third-order valence-corrected chi connectivity index (χ3v) is 5.03. The smallest absolute Gasteiger partial charge is 0.341 e. The second-order valence-corrected chi connectivity index (χ2v) is 7.00. The van der Waals surface area contributed by atoms with E-state index in [1.807, 2.05) is 17.0 Å². The van der Waals surface area contributed by atoms with Crippen LogP contribution in [0.3, 0.4) is 0 Å². The number of nitrogens with zero attached hydrogens (tertiary/aromatic N) is 1. The molecule has 0 saturated carbocycles. The molecule has 1 amide bonds. The molecule has 1 aliphatic rings. The van der Waals surface area contributed by atoms with Gasteiger partial charge in [0.25, 0.3) is 5.91 Å². The first-order chi connectivity index (χ1) is 13.5. The maximum atomic E-state index is 12.8. The zero-order valence-electron chi connectivity index (χ0n) is 16.0. The van der Waals surface area contributed by atoms with E-state index in [-0.39, 0.29) is 5.91 Å². The van der Waals surface area contributed by atoms with E-state index in [0.717, 1.165) is 38.1 Å². The first kappa shape index (κ1) is 19.7. The second-order valence-electron chi connectivity index (χ2n) is 7.00. The van der Waals surface area contributed by atoms with Crippen molar-refractivity contribution in [2.24, 2.45) is 5.92 Å². The van der Waals surface area contributed by atoms with Crippen LogP contribution in [0.15, 0.2) is 48.5 Å². The number of hydrogen-bond donors (Lipinski definition) is 1. The molecule has 1 heterocycles. The lowest BCUT2D eigenvalue weighted by atomic mass is 9.90. The fourth-order valence-corrected chi connectivity index (χ4v) is 3.48. The highest BCUT2D eigenvalue weighted by molar-refractivity contribution is 5.94. The predicted octanol–water partition coefficient (Wildman–Crippen LogP) is 3.25. The number of piperidine rings is 1. The summed E-state index contributed by atoms with van der Waals surface area (Å²) < 4.78 is 10.4. The number of carboxylic acids is 1. The van der Waals surface area contributed by atoms with Crippen molar-refractivity contribution in [2.45, 2.75) is 19.3 Å². The third kappa shape index (κ3) is 5.25. The number of carbonyl (C=O) groups is 2. The number of carboxylic acid groups (broad SMARTS) is 1. The molecule has 0 atom stereocenters. The molecule has 28 heavy (non-hydrogen) atoms. The summed E-state index contributed by atoms with van der Waals surface area (Å²) in [5, 5.41) is 8.71. The fraction of sp³-hybridized carbons (Fsp3) is 0.364. The summed E-state index contributed by atoms with van der Waals surface area (Å²) >= 11 is 0. The molecule has 1 saturated heterocycles. The Bertz CT molecular complexity index is 810. The van der Waals surface area contributed by atoms with Gasteiger partial charge in [-0.2, -0.15) is 0 Å². The van der Waals surface area contributed by atoms with Crippen molar-refractivity contribution in [3.8, 4) is 11.5 Å². The van der Waals surface area contributed by atoms with E-state index >= 15 is 0 Å². The summed E-state index contributed by atoms with van der Waals surface area (Å²) in [5.74, 6) is 0.725. The molecule has 148 valence electrons. The molecule has 0 unspecified atom stereocenters. The third-order valence-electron chi connectivity index (χ3n) is 5.03. The lowest BCUT2D eigenvalue weighted by Crippen LogP contribution is -2.38. The van der Waals surface area contributed by atoms with E-state index in [0.29, 0.717) is 17.2 Å². The highest BCUT2D eigenvalue weighted by Crippen LogP contribution is 2.24. The highest BCUT2D eigenvalue weighted by atomic mass is 16.5. The topological polar surface area (TPSA) is 76.1 Å². The van der Waals surface area contributed by atoms with Crippen LogP contribution in [0.5, 0.6) is 11.5 Å². The second kappa shape index (κ2) is 9.26. The molecule has 0 aliphatic carbocycles. The molecular formula is C22H25NO5. The Morgan fingerprint density at radius 2 is 1.79 bits per heavy atom. The van der Waals surface area contributed by atoms with Crippen molar-refractivity contribution in [3.63, 3.8) is 0 Å². The number of amides is 1. The Balaban J connectivity index is 1.53. The first-order valence-corrected chi connectivity index (χ1v) is 9.42. The molecule has 1 N–H and O–H groups in total. The number of aliphatic carboxylic acids is 1. The largest absolute Gasteiger partial charge is 0.497 e. The quantitative estimate of drug-likeness (QED) is 0.794. The molecule has 0 radical (unpaired) electrons. The maximum absolute atomic E-state index is 12.8. The average Bonchev–Trinajstić information content (AvgIpc) is 2.73. The van der Waals surface area contributed by atoms with Crippen LogP contribution in [0.1, 0.15) is 28.8 Å². The lowest BCUT2D eigenvalue weighted by Gasteiger charge is -2.32. The molecule has 0 bridgehead atoms. The van der Waals surface area contributed by atoms with Gasteiger partial charge in [-0.05, 0) is 61.1 Å². The summed E-state index contributed by atoms with van der Waals surface area (Å²) in [4.78, 5) is 25.3. The summed E-state index contributed by atoms with van der Waals surface area (Å²) in [7, 11) is 1.66. The number of likely N-dealkylation sites (tertiary alicyclic amines) is 1. The van der Waals surface area contributed by atoms with E-state index in [1.54, 1.807) is 31.4 Å². The zero-order valence-corrected chi connectivity index (χ0v) is 16.0. The van der Waals surface area contributed by atoms with Crippen molar-refractivity contribution >= 4 is 11.9 Å².